The first-order valence-electron chi connectivity index (χ1n) is 5.72. The molecule has 0 N–H and O–H groups in total. The van der Waals surface area contributed by atoms with Crippen molar-refractivity contribution < 1.29 is 18.7 Å². The molecule has 2 rings (SSSR count). The van der Waals surface area contributed by atoms with Gasteiger partial charge in [0.1, 0.15) is 23.4 Å². The first-order chi connectivity index (χ1) is 8.65. The molecule has 1 aromatic rings. The third-order valence-corrected chi connectivity index (χ3v) is 3.99. The summed E-state index contributed by atoms with van der Waals surface area (Å²) < 4.78 is 10.2. The van der Waals surface area contributed by atoms with Gasteiger partial charge >= 0.3 is 5.97 Å². The van der Waals surface area contributed by atoms with Gasteiger partial charge in [-0.05, 0) is 12.1 Å². The Kier molecular flexibility index (Phi) is 3.96. The van der Waals surface area contributed by atoms with Crippen molar-refractivity contribution in [2.75, 3.05) is 19.4 Å². The van der Waals surface area contributed by atoms with Crippen LogP contribution >= 0.6 is 11.8 Å². The Labute approximate surface area is 109 Å². The molecule has 0 aliphatic carbocycles. The Bertz CT molecular complexity index is 457. The Balaban J connectivity index is 2.15. The molecule has 1 fully saturated rings. The van der Waals surface area contributed by atoms with E-state index >= 15 is 0 Å². The Morgan fingerprint density at radius 2 is 2.39 bits per heavy atom. The number of furan rings is 1. The molecule has 0 bridgehead atoms. The van der Waals surface area contributed by atoms with Gasteiger partial charge in [0.15, 0.2) is 0 Å². The van der Waals surface area contributed by atoms with Crippen molar-refractivity contribution in [1.29, 1.82) is 0 Å². The summed E-state index contributed by atoms with van der Waals surface area (Å²) in [5.41, 5.74) is 0. The van der Waals surface area contributed by atoms with Crippen LogP contribution in [0.4, 0.5) is 0 Å². The van der Waals surface area contributed by atoms with Crippen molar-refractivity contribution in [2.45, 2.75) is 18.7 Å². The molecule has 98 valence electrons. The van der Waals surface area contributed by atoms with Crippen molar-refractivity contribution in [3.8, 4) is 0 Å². The quantitative estimate of drug-likeness (QED) is 0.777. The highest BCUT2D eigenvalue weighted by atomic mass is 32.2. The van der Waals surface area contributed by atoms with Gasteiger partial charge in [0.2, 0.25) is 5.91 Å². The number of hydrogen-bond acceptors (Lipinski definition) is 5. The molecule has 2 heterocycles. The number of nitrogens with zero attached hydrogens (tertiary/aromatic N) is 1. The van der Waals surface area contributed by atoms with Crippen LogP contribution in [0.3, 0.4) is 0 Å². The summed E-state index contributed by atoms with van der Waals surface area (Å²) in [5.74, 6) is 1.47. The van der Waals surface area contributed by atoms with Crippen LogP contribution in [-0.2, 0) is 20.7 Å². The molecule has 1 amide bonds. The van der Waals surface area contributed by atoms with E-state index in [0.717, 1.165) is 12.2 Å². The van der Waals surface area contributed by atoms with Gasteiger partial charge in [-0.3, -0.25) is 9.59 Å². The van der Waals surface area contributed by atoms with E-state index in [1.54, 1.807) is 0 Å². The van der Waals surface area contributed by atoms with Gasteiger partial charge in [0.05, 0.1) is 12.9 Å². The van der Waals surface area contributed by atoms with Gasteiger partial charge < -0.3 is 14.1 Å². The minimum Gasteiger partial charge on any atom is -0.468 e. The molecule has 0 spiro atoms. The average Bonchev–Trinajstić information content (AvgIpc) is 2.97. The number of carbonyl (C=O) groups is 2. The van der Waals surface area contributed by atoms with E-state index in [0.29, 0.717) is 11.5 Å². The fourth-order valence-electron chi connectivity index (χ4n) is 1.78. The zero-order valence-electron chi connectivity index (χ0n) is 10.3. The maximum Gasteiger partial charge on any atom is 0.325 e. The minimum absolute atomic E-state index is 0.0326. The molecule has 0 aromatic carbocycles. The van der Waals surface area contributed by atoms with Crippen molar-refractivity contribution in [2.24, 2.45) is 0 Å². The number of ether oxygens (including phenoxy) is 1. The molecular formula is C12H15NO4S. The standard InChI is InChI=1S/C12H15NO4S/c1-3-8-4-5-9(17-8)12-13(6-11(15)16-2)10(14)7-18-12/h4-5,12H,3,6-7H2,1-2H3. The number of amides is 1. The van der Waals surface area contributed by atoms with E-state index in [-0.39, 0.29) is 17.8 Å². The maximum atomic E-state index is 11.7. The minimum atomic E-state index is -0.418. The average molecular weight is 269 g/mol. The Morgan fingerprint density at radius 3 is 3.00 bits per heavy atom. The third kappa shape index (κ3) is 2.53. The van der Waals surface area contributed by atoms with Crippen molar-refractivity contribution in [3.63, 3.8) is 0 Å². The van der Waals surface area contributed by atoms with Gasteiger partial charge in [-0.2, -0.15) is 0 Å². The number of rotatable bonds is 4. The topological polar surface area (TPSA) is 59.8 Å². The lowest BCUT2D eigenvalue weighted by Gasteiger charge is -2.20. The molecule has 1 atom stereocenters. The second-order valence-corrected chi connectivity index (χ2v) is 4.99. The van der Waals surface area contributed by atoms with E-state index in [4.69, 9.17) is 4.42 Å². The largest absolute Gasteiger partial charge is 0.468 e. The summed E-state index contributed by atoms with van der Waals surface area (Å²) in [6.07, 6.45) is 0.808. The molecule has 1 aliphatic rings. The number of carbonyl (C=O) groups excluding carboxylic acids is 2. The molecule has 6 heteroatoms. The van der Waals surface area contributed by atoms with Crippen LogP contribution in [-0.4, -0.2) is 36.2 Å². The van der Waals surface area contributed by atoms with E-state index < -0.39 is 5.97 Å². The molecule has 1 saturated heterocycles. The van der Waals surface area contributed by atoms with Crippen LogP contribution < -0.4 is 0 Å². The van der Waals surface area contributed by atoms with Crippen LogP contribution in [0.5, 0.6) is 0 Å². The van der Waals surface area contributed by atoms with E-state index in [1.807, 2.05) is 19.1 Å². The van der Waals surface area contributed by atoms with Crippen LogP contribution in [0.2, 0.25) is 0 Å². The number of aryl methyl sites for hydroxylation is 1. The lowest BCUT2D eigenvalue weighted by Crippen LogP contribution is -2.33. The predicted molar refractivity (Wildman–Crippen MR) is 67.0 cm³/mol. The van der Waals surface area contributed by atoms with Crippen molar-refractivity contribution in [1.82, 2.24) is 4.90 Å². The van der Waals surface area contributed by atoms with Gasteiger partial charge in [0.25, 0.3) is 0 Å². The van der Waals surface area contributed by atoms with Gasteiger partial charge in [-0.1, -0.05) is 6.92 Å². The van der Waals surface area contributed by atoms with Crippen LogP contribution in [0.25, 0.3) is 0 Å². The highest BCUT2D eigenvalue weighted by Crippen LogP contribution is 2.39. The van der Waals surface area contributed by atoms with Crippen LogP contribution in [0.15, 0.2) is 16.5 Å². The van der Waals surface area contributed by atoms with Crippen molar-refractivity contribution >= 4 is 23.6 Å². The van der Waals surface area contributed by atoms with Crippen molar-refractivity contribution in [3.05, 3.63) is 23.7 Å². The summed E-state index contributed by atoms with van der Waals surface area (Å²) >= 11 is 1.46. The zero-order chi connectivity index (χ0) is 13.1. The second-order valence-electron chi connectivity index (χ2n) is 3.92. The Morgan fingerprint density at radius 1 is 1.61 bits per heavy atom. The molecule has 18 heavy (non-hydrogen) atoms. The van der Waals surface area contributed by atoms with Crippen LogP contribution in [0, 0.1) is 0 Å². The zero-order valence-corrected chi connectivity index (χ0v) is 11.2. The molecule has 0 radical (unpaired) electrons. The summed E-state index contributed by atoms with van der Waals surface area (Å²) in [4.78, 5) is 24.5. The molecule has 0 saturated carbocycles. The normalized spacial score (nSPS) is 19.3. The molecule has 5 nitrogen and oxygen atoms in total. The summed E-state index contributed by atoms with van der Waals surface area (Å²) in [6.45, 7) is 1.97. The number of esters is 1. The van der Waals surface area contributed by atoms with Gasteiger partial charge in [0, 0.05) is 6.42 Å². The molecular weight excluding hydrogens is 254 g/mol. The smallest absolute Gasteiger partial charge is 0.325 e. The maximum absolute atomic E-state index is 11.7. The SMILES string of the molecule is CCc1ccc(C2SCC(=O)N2CC(=O)OC)o1. The summed E-state index contributed by atoms with van der Waals surface area (Å²) in [6, 6.07) is 3.76. The highest BCUT2D eigenvalue weighted by Gasteiger charge is 2.36. The summed E-state index contributed by atoms with van der Waals surface area (Å²) in [7, 11) is 1.31. The fourth-order valence-corrected chi connectivity index (χ4v) is 2.91. The summed E-state index contributed by atoms with van der Waals surface area (Å²) in [5, 5.41) is -0.225. The highest BCUT2D eigenvalue weighted by molar-refractivity contribution is 8.00. The third-order valence-electron chi connectivity index (χ3n) is 2.77. The lowest BCUT2D eigenvalue weighted by molar-refractivity contribution is -0.146. The molecule has 1 aromatic heterocycles. The van der Waals surface area contributed by atoms with Crippen LogP contribution in [0.1, 0.15) is 23.8 Å². The monoisotopic (exact) mass is 269 g/mol. The van der Waals surface area contributed by atoms with E-state index in [9.17, 15) is 9.59 Å². The number of thioether (sulfide) groups is 1. The molecule has 1 aliphatic heterocycles. The van der Waals surface area contributed by atoms with E-state index in [1.165, 1.54) is 23.8 Å². The first-order valence-corrected chi connectivity index (χ1v) is 6.77. The number of methoxy groups -OCH3 is 1. The molecule has 1 unspecified atom stereocenters. The predicted octanol–water partition coefficient (Wildman–Crippen LogP) is 1.59. The van der Waals surface area contributed by atoms with Gasteiger partial charge in [-0.15, -0.1) is 11.8 Å². The lowest BCUT2D eigenvalue weighted by atomic mass is 10.3. The second kappa shape index (κ2) is 5.48. The Hall–Kier alpha value is -1.43. The fraction of sp³-hybridized carbons (Fsp3) is 0.500. The first kappa shape index (κ1) is 13.0. The van der Waals surface area contributed by atoms with E-state index in [2.05, 4.69) is 4.74 Å². The van der Waals surface area contributed by atoms with Gasteiger partial charge in [-0.25, -0.2) is 0 Å². The number of hydrogen-bond donors (Lipinski definition) is 0.